The highest BCUT2D eigenvalue weighted by atomic mass is 17.1. The molecule has 0 rings (SSSR count). The normalized spacial score (nSPS) is 14.5. The van der Waals surface area contributed by atoms with Crippen molar-refractivity contribution >= 4 is 5.97 Å². The van der Waals surface area contributed by atoms with Crippen LogP contribution in [0.1, 0.15) is 20.8 Å². The molecule has 1 atom stereocenters. The molecule has 0 fully saturated rings. The van der Waals surface area contributed by atoms with Crippen LogP contribution in [0.5, 0.6) is 0 Å². The van der Waals surface area contributed by atoms with Gasteiger partial charge >= 0.3 is 5.97 Å². The van der Waals surface area contributed by atoms with E-state index in [4.69, 9.17) is 11.0 Å². The van der Waals surface area contributed by atoms with E-state index in [1.165, 1.54) is 0 Å². The van der Waals surface area contributed by atoms with Crippen molar-refractivity contribution in [2.75, 3.05) is 0 Å². The molecular formula is C6H13NO3. The standard InChI is InChI=1S/C6H13NO3/c1-6(2,3)4(7)5(8)10-9/h4,9H,7H2,1-3H3/t4-/m1/s1. The molecule has 0 aliphatic heterocycles. The Hall–Kier alpha value is -0.610. The Kier molecular flexibility index (Phi) is 2.80. The van der Waals surface area contributed by atoms with Crippen molar-refractivity contribution in [2.45, 2.75) is 26.8 Å². The fraction of sp³-hybridized carbons (Fsp3) is 0.833. The number of hydrogen-bond donors (Lipinski definition) is 2. The highest BCUT2D eigenvalue weighted by molar-refractivity contribution is 5.75. The molecule has 0 aromatic heterocycles. The van der Waals surface area contributed by atoms with E-state index in [0.717, 1.165) is 0 Å². The Labute approximate surface area is 59.9 Å². The molecule has 0 aromatic carbocycles. The summed E-state index contributed by atoms with van der Waals surface area (Å²) in [5.74, 6) is -0.799. The van der Waals surface area contributed by atoms with Crippen LogP contribution in [0.4, 0.5) is 0 Å². The smallest absolute Gasteiger partial charge is 0.318 e. The number of carbonyl (C=O) groups is 1. The SMILES string of the molecule is CC(C)(C)[C@H](N)C(=O)OO. The molecule has 0 aliphatic rings. The van der Waals surface area contributed by atoms with Crippen LogP contribution in [0.3, 0.4) is 0 Å². The second kappa shape index (κ2) is 2.98. The zero-order chi connectivity index (χ0) is 8.36. The van der Waals surface area contributed by atoms with Crippen molar-refractivity contribution < 1.29 is 14.9 Å². The number of nitrogens with two attached hydrogens (primary N) is 1. The predicted molar refractivity (Wildman–Crippen MR) is 36.2 cm³/mol. The molecule has 0 saturated heterocycles. The minimum Gasteiger partial charge on any atom is -0.318 e. The van der Waals surface area contributed by atoms with E-state index in [0.29, 0.717) is 0 Å². The van der Waals surface area contributed by atoms with Gasteiger partial charge in [-0.3, -0.25) is 4.89 Å². The summed E-state index contributed by atoms with van der Waals surface area (Å²) < 4.78 is 0. The van der Waals surface area contributed by atoms with Crippen molar-refractivity contribution in [2.24, 2.45) is 11.1 Å². The molecule has 3 N–H and O–H groups in total. The lowest BCUT2D eigenvalue weighted by Crippen LogP contribution is -2.42. The first-order valence-electron chi connectivity index (χ1n) is 3.00. The topological polar surface area (TPSA) is 72.6 Å². The lowest BCUT2D eigenvalue weighted by Gasteiger charge is -2.23. The highest BCUT2D eigenvalue weighted by Gasteiger charge is 2.28. The van der Waals surface area contributed by atoms with Crippen molar-refractivity contribution in [3.63, 3.8) is 0 Å². The van der Waals surface area contributed by atoms with Gasteiger partial charge in [0.15, 0.2) is 0 Å². The summed E-state index contributed by atoms with van der Waals surface area (Å²) >= 11 is 0. The van der Waals surface area contributed by atoms with Gasteiger partial charge in [0.05, 0.1) is 0 Å². The first-order valence-corrected chi connectivity index (χ1v) is 3.00. The molecule has 60 valence electrons. The molecule has 0 aromatic rings. The third kappa shape index (κ3) is 2.33. The van der Waals surface area contributed by atoms with Crippen molar-refractivity contribution in [1.29, 1.82) is 0 Å². The van der Waals surface area contributed by atoms with Crippen LogP contribution in [0.25, 0.3) is 0 Å². The van der Waals surface area contributed by atoms with Gasteiger partial charge in [0.2, 0.25) is 0 Å². The fourth-order valence-corrected chi connectivity index (χ4v) is 0.410. The van der Waals surface area contributed by atoms with Gasteiger partial charge in [0.25, 0.3) is 0 Å². The molecular weight excluding hydrogens is 134 g/mol. The zero-order valence-electron chi connectivity index (χ0n) is 6.42. The average Bonchev–Trinajstić information content (AvgIpc) is 1.83. The maximum absolute atomic E-state index is 10.6. The number of hydrogen-bond acceptors (Lipinski definition) is 4. The van der Waals surface area contributed by atoms with E-state index in [-0.39, 0.29) is 5.41 Å². The number of rotatable bonds is 1. The molecule has 0 amide bonds. The van der Waals surface area contributed by atoms with Gasteiger partial charge in [-0.2, -0.15) is 5.26 Å². The Morgan fingerprint density at radius 3 is 2.10 bits per heavy atom. The molecule has 0 unspecified atom stereocenters. The summed E-state index contributed by atoms with van der Waals surface area (Å²) in [4.78, 5) is 14.0. The van der Waals surface area contributed by atoms with Gasteiger partial charge in [0.1, 0.15) is 6.04 Å². The van der Waals surface area contributed by atoms with E-state index >= 15 is 0 Å². The van der Waals surface area contributed by atoms with Crippen LogP contribution in [0, 0.1) is 5.41 Å². The maximum atomic E-state index is 10.6. The van der Waals surface area contributed by atoms with Gasteiger partial charge in [0, 0.05) is 0 Å². The lowest BCUT2D eigenvalue weighted by atomic mass is 9.88. The minimum atomic E-state index is -0.799. The van der Waals surface area contributed by atoms with Gasteiger partial charge in [-0.25, -0.2) is 4.79 Å². The molecule has 0 saturated carbocycles. The maximum Gasteiger partial charge on any atom is 0.359 e. The quantitative estimate of drug-likeness (QED) is 0.415. The van der Waals surface area contributed by atoms with Gasteiger partial charge in [-0.1, -0.05) is 20.8 Å². The molecule has 4 heteroatoms. The molecule has 4 nitrogen and oxygen atoms in total. The van der Waals surface area contributed by atoms with E-state index < -0.39 is 12.0 Å². The van der Waals surface area contributed by atoms with E-state index in [2.05, 4.69) is 4.89 Å². The summed E-state index contributed by atoms with van der Waals surface area (Å²) in [6.07, 6.45) is 0. The summed E-state index contributed by atoms with van der Waals surface area (Å²) in [6, 6.07) is -0.780. The molecule has 0 bridgehead atoms. The summed E-state index contributed by atoms with van der Waals surface area (Å²) in [5.41, 5.74) is 5.00. The second-order valence-electron chi connectivity index (χ2n) is 3.25. The first-order chi connectivity index (χ1) is 4.39. The largest absolute Gasteiger partial charge is 0.359 e. The third-order valence-corrected chi connectivity index (χ3v) is 1.28. The van der Waals surface area contributed by atoms with Crippen LogP contribution in [0.2, 0.25) is 0 Å². The Balaban J connectivity index is 4.08. The van der Waals surface area contributed by atoms with Crippen LogP contribution >= 0.6 is 0 Å². The first kappa shape index (κ1) is 9.39. The monoisotopic (exact) mass is 147 g/mol. The molecule has 0 aliphatic carbocycles. The van der Waals surface area contributed by atoms with Gasteiger partial charge < -0.3 is 5.73 Å². The highest BCUT2D eigenvalue weighted by Crippen LogP contribution is 2.17. The summed E-state index contributed by atoms with van der Waals surface area (Å²) in [6.45, 7) is 5.36. The molecule has 0 spiro atoms. The van der Waals surface area contributed by atoms with Crippen LogP contribution in [0.15, 0.2) is 0 Å². The van der Waals surface area contributed by atoms with Crippen molar-refractivity contribution in [3.8, 4) is 0 Å². The molecule has 10 heavy (non-hydrogen) atoms. The Morgan fingerprint density at radius 2 is 2.00 bits per heavy atom. The van der Waals surface area contributed by atoms with Crippen molar-refractivity contribution in [3.05, 3.63) is 0 Å². The molecule has 0 radical (unpaired) electrons. The van der Waals surface area contributed by atoms with E-state index in [1.807, 2.05) is 0 Å². The van der Waals surface area contributed by atoms with Gasteiger partial charge in [-0.15, -0.1) is 0 Å². The van der Waals surface area contributed by atoms with Crippen molar-refractivity contribution in [1.82, 2.24) is 0 Å². The van der Waals surface area contributed by atoms with Crippen LogP contribution < -0.4 is 5.73 Å². The van der Waals surface area contributed by atoms with Crippen LogP contribution in [-0.2, 0) is 9.68 Å². The average molecular weight is 147 g/mol. The number of carbonyl (C=O) groups excluding carboxylic acids is 1. The Morgan fingerprint density at radius 1 is 1.60 bits per heavy atom. The summed E-state index contributed by atoms with van der Waals surface area (Å²) in [7, 11) is 0. The predicted octanol–water partition coefficient (Wildman–Crippen LogP) is 0.376. The van der Waals surface area contributed by atoms with Gasteiger partial charge in [-0.05, 0) is 5.41 Å². The Bertz CT molecular complexity index is 127. The minimum absolute atomic E-state index is 0.375. The zero-order valence-corrected chi connectivity index (χ0v) is 6.42. The van der Waals surface area contributed by atoms with Crippen LogP contribution in [-0.4, -0.2) is 17.3 Å². The lowest BCUT2D eigenvalue weighted by molar-refractivity contribution is -0.237. The third-order valence-electron chi connectivity index (χ3n) is 1.28. The van der Waals surface area contributed by atoms with E-state index in [1.54, 1.807) is 20.8 Å². The van der Waals surface area contributed by atoms with E-state index in [9.17, 15) is 4.79 Å². The fourth-order valence-electron chi connectivity index (χ4n) is 0.410. The second-order valence-corrected chi connectivity index (χ2v) is 3.25. The molecule has 0 heterocycles. The summed E-state index contributed by atoms with van der Waals surface area (Å²) in [5, 5.41) is 7.94.